The summed E-state index contributed by atoms with van der Waals surface area (Å²) in [5.41, 5.74) is 7.68. The lowest BCUT2D eigenvalue weighted by molar-refractivity contribution is 0.249. The molecule has 0 unspecified atom stereocenters. The van der Waals surface area contributed by atoms with Gasteiger partial charge in [-0.1, -0.05) is 36.4 Å². The molecule has 1 aliphatic heterocycles. The van der Waals surface area contributed by atoms with E-state index in [-0.39, 0.29) is 0 Å². The minimum Gasteiger partial charge on any atom is -0.354 e. The SMILES string of the molecule is Cc1cc(C)c2c(n1)nn1c(N3CCN(Cc4c(C)ccc5ccccc45)CC3)cc(C)nc21. The van der Waals surface area contributed by atoms with E-state index in [4.69, 9.17) is 10.1 Å². The lowest BCUT2D eigenvalue weighted by atomic mass is 9.99. The first-order valence-electron chi connectivity index (χ1n) is 12.1. The van der Waals surface area contributed by atoms with Crippen molar-refractivity contribution < 1.29 is 0 Å². The highest BCUT2D eigenvalue weighted by Gasteiger charge is 2.23. The number of aromatic nitrogens is 4. The van der Waals surface area contributed by atoms with Gasteiger partial charge in [0.25, 0.3) is 0 Å². The Hall–Kier alpha value is -3.51. The van der Waals surface area contributed by atoms with Crippen LogP contribution < -0.4 is 4.90 Å². The maximum Gasteiger partial charge on any atom is 0.184 e. The topological polar surface area (TPSA) is 49.6 Å². The van der Waals surface area contributed by atoms with Crippen LogP contribution in [0.2, 0.25) is 0 Å². The molecule has 0 N–H and O–H groups in total. The van der Waals surface area contributed by atoms with Gasteiger partial charge in [0.1, 0.15) is 5.82 Å². The van der Waals surface area contributed by atoms with Gasteiger partial charge in [0.15, 0.2) is 11.3 Å². The second kappa shape index (κ2) is 8.06. The van der Waals surface area contributed by atoms with Crippen LogP contribution in [-0.2, 0) is 6.54 Å². The molecule has 6 heteroatoms. The highest BCUT2D eigenvalue weighted by atomic mass is 15.4. The second-order valence-corrected chi connectivity index (χ2v) is 9.62. The smallest absolute Gasteiger partial charge is 0.184 e. The third-order valence-corrected chi connectivity index (χ3v) is 7.13. The number of benzene rings is 2. The maximum absolute atomic E-state index is 4.87. The van der Waals surface area contributed by atoms with Crippen molar-refractivity contribution in [1.29, 1.82) is 0 Å². The van der Waals surface area contributed by atoms with Crippen molar-refractivity contribution in [2.45, 2.75) is 34.2 Å². The monoisotopic (exact) mass is 450 g/mol. The van der Waals surface area contributed by atoms with Crippen LogP contribution in [0.5, 0.6) is 0 Å². The van der Waals surface area contributed by atoms with Gasteiger partial charge in [0.05, 0.1) is 5.39 Å². The molecule has 0 aliphatic carbocycles. The van der Waals surface area contributed by atoms with Crippen molar-refractivity contribution in [2.75, 3.05) is 31.1 Å². The summed E-state index contributed by atoms with van der Waals surface area (Å²) in [5.74, 6) is 1.11. The van der Waals surface area contributed by atoms with Gasteiger partial charge in [0.2, 0.25) is 0 Å². The van der Waals surface area contributed by atoms with Gasteiger partial charge in [0, 0.05) is 50.2 Å². The summed E-state index contributed by atoms with van der Waals surface area (Å²) < 4.78 is 2.00. The number of nitrogens with zero attached hydrogens (tertiary/aromatic N) is 6. The normalized spacial score (nSPS) is 15.1. The van der Waals surface area contributed by atoms with Crippen molar-refractivity contribution >= 4 is 33.3 Å². The van der Waals surface area contributed by atoms with Crippen LogP contribution in [0, 0.1) is 27.7 Å². The number of fused-ring (bicyclic) bond motifs is 4. The van der Waals surface area contributed by atoms with E-state index in [0.29, 0.717) is 0 Å². The molecular formula is C28H30N6. The molecular weight excluding hydrogens is 420 g/mol. The zero-order chi connectivity index (χ0) is 23.4. The average Bonchev–Trinajstić information content (AvgIpc) is 3.19. The van der Waals surface area contributed by atoms with E-state index in [1.165, 1.54) is 27.5 Å². The van der Waals surface area contributed by atoms with E-state index in [2.05, 4.69) is 84.1 Å². The summed E-state index contributed by atoms with van der Waals surface area (Å²) in [5, 5.41) is 8.62. The maximum atomic E-state index is 4.87. The molecule has 5 aromatic rings. The quantitative estimate of drug-likeness (QED) is 0.388. The van der Waals surface area contributed by atoms with Crippen LogP contribution >= 0.6 is 0 Å². The Labute approximate surface area is 199 Å². The summed E-state index contributed by atoms with van der Waals surface area (Å²) in [6.07, 6.45) is 0. The first-order chi connectivity index (χ1) is 16.5. The first-order valence-corrected chi connectivity index (χ1v) is 12.1. The molecule has 0 spiro atoms. The third-order valence-electron chi connectivity index (χ3n) is 7.13. The Bertz CT molecular complexity index is 1540. The average molecular weight is 451 g/mol. The van der Waals surface area contributed by atoms with Crippen molar-refractivity contribution in [2.24, 2.45) is 0 Å². The van der Waals surface area contributed by atoms with E-state index < -0.39 is 0 Å². The number of piperazine rings is 1. The molecule has 1 saturated heterocycles. The Kier molecular flexibility index (Phi) is 4.99. The van der Waals surface area contributed by atoms with E-state index in [0.717, 1.165) is 66.6 Å². The van der Waals surface area contributed by atoms with Gasteiger partial charge in [-0.05, 0) is 61.2 Å². The van der Waals surface area contributed by atoms with Crippen molar-refractivity contribution in [3.63, 3.8) is 0 Å². The van der Waals surface area contributed by atoms with E-state index in [1.807, 2.05) is 11.4 Å². The molecule has 0 amide bonds. The summed E-state index contributed by atoms with van der Waals surface area (Å²) in [4.78, 5) is 14.5. The molecule has 1 fully saturated rings. The van der Waals surface area contributed by atoms with Gasteiger partial charge in [-0.15, -0.1) is 5.10 Å². The summed E-state index contributed by atoms with van der Waals surface area (Å²) in [6.45, 7) is 13.4. The van der Waals surface area contributed by atoms with Crippen LogP contribution in [0.1, 0.15) is 28.1 Å². The van der Waals surface area contributed by atoms with Gasteiger partial charge in [-0.2, -0.15) is 4.52 Å². The Balaban J connectivity index is 1.29. The molecule has 0 atom stereocenters. The zero-order valence-corrected chi connectivity index (χ0v) is 20.3. The Morgan fingerprint density at radius 3 is 2.38 bits per heavy atom. The number of aryl methyl sites for hydroxylation is 4. The molecule has 3 aromatic heterocycles. The lowest BCUT2D eigenvalue weighted by Gasteiger charge is -2.36. The second-order valence-electron chi connectivity index (χ2n) is 9.62. The van der Waals surface area contributed by atoms with Crippen molar-refractivity contribution in [3.05, 3.63) is 76.6 Å². The number of hydrogen-bond acceptors (Lipinski definition) is 5. The van der Waals surface area contributed by atoms with E-state index in [1.54, 1.807) is 0 Å². The summed E-state index contributed by atoms with van der Waals surface area (Å²) >= 11 is 0. The minimum atomic E-state index is 0.780. The van der Waals surface area contributed by atoms with E-state index >= 15 is 0 Å². The number of anilines is 1. The molecule has 34 heavy (non-hydrogen) atoms. The molecule has 0 bridgehead atoms. The highest BCUT2D eigenvalue weighted by Crippen LogP contribution is 2.28. The predicted octanol–water partition coefficient (Wildman–Crippen LogP) is 4.99. The predicted molar refractivity (Wildman–Crippen MR) is 139 cm³/mol. The van der Waals surface area contributed by atoms with Crippen LogP contribution in [0.3, 0.4) is 0 Å². The molecule has 0 radical (unpaired) electrons. The summed E-state index contributed by atoms with van der Waals surface area (Å²) in [6, 6.07) is 17.5. The van der Waals surface area contributed by atoms with Crippen LogP contribution in [0.25, 0.3) is 27.5 Å². The fourth-order valence-corrected chi connectivity index (χ4v) is 5.36. The van der Waals surface area contributed by atoms with Crippen LogP contribution in [-0.4, -0.2) is 50.7 Å². The zero-order valence-electron chi connectivity index (χ0n) is 20.3. The van der Waals surface area contributed by atoms with Crippen molar-refractivity contribution in [1.82, 2.24) is 24.5 Å². The lowest BCUT2D eigenvalue weighted by Crippen LogP contribution is -2.46. The number of pyridine rings is 1. The molecule has 6 nitrogen and oxygen atoms in total. The van der Waals surface area contributed by atoms with Crippen LogP contribution in [0.4, 0.5) is 5.82 Å². The molecule has 1 aliphatic rings. The largest absolute Gasteiger partial charge is 0.354 e. The molecule has 6 rings (SSSR count). The number of rotatable bonds is 3. The number of hydrogen-bond donors (Lipinski definition) is 0. The van der Waals surface area contributed by atoms with Crippen LogP contribution in [0.15, 0.2) is 48.5 Å². The van der Waals surface area contributed by atoms with Gasteiger partial charge < -0.3 is 4.90 Å². The molecule has 4 heterocycles. The first kappa shape index (κ1) is 21.1. The van der Waals surface area contributed by atoms with E-state index in [9.17, 15) is 0 Å². The highest BCUT2D eigenvalue weighted by molar-refractivity contribution is 5.93. The van der Waals surface area contributed by atoms with Crippen molar-refractivity contribution in [3.8, 4) is 0 Å². The molecule has 2 aromatic carbocycles. The standard InChI is InChI=1S/C28H30N6/c1-18-9-10-22-7-5-6-8-23(22)24(18)17-32-11-13-33(14-12-32)25-16-21(4)30-28-26-19(2)15-20(3)29-27(26)31-34(25)28/h5-10,15-16H,11-14,17H2,1-4H3. The Morgan fingerprint density at radius 1 is 0.794 bits per heavy atom. The van der Waals surface area contributed by atoms with Gasteiger partial charge >= 0.3 is 0 Å². The fourth-order valence-electron chi connectivity index (χ4n) is 5.36. The minimum absolute atomic E-state index is 0.780. The Morgan fingerprint density at radius 2 is 1.56 bits per heavy atom. The fraction of sp³-hybridized carbons (Fsp3) is 0.321. The van der Waals surface area contributed by atoms with Gasteiger partial charge in [-0.3, -0.25) is 4.90 Å². The summed E-state index contributed by atoms with van der Waals surface area (Å²) in [7, 11) is 0. The van der Waals surface area contributed by atoms with Gasteiger partial charge in [-0.25, -0.2) is 9.97 Å². The third kappa shape index (κ3) is 3.49. The molecule has 0 saturated carbocycles. The molecule has 172 valence electrons.